The Labute approximate surface area is 177 Å². The number of halogens is 1. The average Bonchev–Trinajstić information content (AvgIpc) is 2.96. The van der Waals surface area contributed by atoms with E-state index in [0.29, 0.717) is 12.2 Å². The van der Waals surface area contributed by atoms with Gasteiger partial charge >= 0.3 is 0 Å². The molecule has 0 aliphatic rings. The zero-order valence-electron chi connectivity index (χ0n) is 18.2. The number of rotatable bonds is 15. The molecule has 0 unspecified atom stereocenters. The highest BCUT2D eigenvalue weighted by Gasteiger charge is 2.25. The van der Waals surface area contributed by atoms with Gasteiger partial charge in [-0.3, -0.25) is 4.79 Å². The van der Waals surface area contributed by atoms with E-state index in [1.54, 1.807) is 19.1 Å². The summed E-state index contributed by atoms with van der Waals surface area (Å²) in [6, 6.07) is 0. The van der Waals surface area contributed by atoms with E-state index in [9.17, 15) is 9.90 Å². The van der Waals surface area contributed by atoms with Gasteiger partial charge in [0.15, 0.2) is 5.76 Å². The van der Waals surface area contributed by atoms with Crippen LogP contribution in [0.3, 0.4) is 0 Å². The predicted octanol–water partition coefficient (Wildman–Crippen LogP) is 5.88. The molecule has 1 N–H and O–H groups in total. The molecule has 0 aliphatic heterocycles. The first-order valence-electron chi connectivity index (χ1n) is 10.6. The van der Waals surface area contributed by atoms with E-state index in [2.05, 4.69) is 12.1 Å². The zero-order chi connectivity index (χ0) is 20.1. The number of aryl methyl sites for hydroxylation is 1. The van der Waals surface area contributed by atoms with E-state index < -0.39 is 0 Å². The van der Waals surface area contributed by atoms with Crippen LogP contribution in [-0.2, 0) is 11.2 Å². The molecule has 6 nitrogen and oxygen atoms in total. The van der Waals surface area contributed by atoms with E-state index in [0.717, 1.165) is 12.8 Å². The van der Waals surface area contributed by atoms with Crippen molar-refractivity contribution in [3.05, 3.63) is 5.76 Å². The summed E-state index contributed by atoms with van der Waals surface area (Å²) in [7, 11) is 3.45. The Morgan fingerprint density at radius 3 is 1.82 bits per heavy atom. The van der Waals surface area contributed by atoms with Gasteiger partial charge in [0.05, 0.1) is 0 Å². The number of carbonyl (C=O) groups excluding carboxylic acids is 1. The summed E-state index contributed by atoms with van der Waals surface area (Å²) in [5, 5.41) is 17.0. The highest BCUT2D eigenvalue weighted by atomic mass is 35.5. The van der Waals surface area contributed by atoms with E-state index in [4.69, 9.17) is 4.52 Å². The third-order valence-electron chi connectivity index (χ3n) is 4.87. The molecule has 1 aromatic heterocycles. The van der Waals surface area contributed by atoms with Crippen LogP contribution in [0.15, 0.2) is 4.52 Å². The lowest BCUT2D eigenvalue weighted by atomic mass is 10.0. The third kappa shape index (κ3) is 9.78. The second-order valence-electron chi connectivity index (χ2n) is 7.60. The fourth-order valence-electron chi connectivity index (χ4n) is 3.36. The Kier molecular flexibility index (Phi) is 14.9. The van der Waals surface area contributed by atoms with Crippen molar-refractivity contribution in [3.8, 4) is 5.75 Å². The standard InChI is InChI=1S/C21H39N3O3.ClH/c1-5-6-7-8-9-10-11-12-13-14-15-16-17-19-20(26)21(22-27-19)24(18(2)25)23(3)4;/h26H,5-17H2,1-4H3;1H. The van der Waals surface area contributed by atoms with E-state index in [1.165, 1.54) is 76.1 Å². The molecule has 0 bridgehead atoms. The lowest BCUT2D eigenvalue weighted by Gasteiger charge is -2.24. The summed E-state index contributed by atoms with van der Waals surface area (Å²) in [6.07, 6.45) is 16.1. The number of aromatic nitrogens is 1. The highest BCUT2D eigenvalue weighted by molar-refractivity contribution is 5.90. The molecule has 1 amide bonds. The van der Waals surface area contributed by atoms with Gasteiger partial charge < -0.3 is 9.63 Å². The molecule has 0 saturated heterocycles. The monoisotopic (exact) mass is 417 g/mol. The molecule has 0 fully saturated rings. The molecule has 0 spiro atoms. The summed E-state index contributed by atoms with van der Waals surface area (Å²) in [5.74, 6) is 0.383. The summed E-state index contributed by atoms with van der Waals surface area (Å²) in [4.78, 5) is 11.7. The van der Waals surface area contributed by atoms with Crippen molar-refractivity contribution in [2.24, 2.45) is 0 Å². The minimum atomic E-state index is -0.222. The number of carbonyl (C=O) groups is 1. The third-order valence-corrected chi connectivity index (χ3v) is 4.87. The van der Waals surface area contributed by atoms with Crippen LogP contribution < -0.4 is 5.01 Å². The minimum absolute atomic E-state index is 0. The first-order chi connectivity index (χ1) is 13.0. The molecule has 1 heterocycles. The van der Waals surface area contributed by atoms with Gasteiger partial charge in [0, 0.05) is 27.4 Å². The van der Waals surface area contributed by atoms with Crippen LogP contribution in [0.5, 0.6) is 5.75 Å². The molecule has 28 heavy (non-hydrogen) atoms. The number of aromatic hydroxyl groups is 1. The maximum atomic E-state index is 11.7. The van der Waals surface area contributed by atoms with Gasteiger partial charge in [0.1, 0.15) is 0 Å². The maximum absolute atomic E-state index is 11.7. The van der Waals surface area contributed by atoms with Crippen molar-refractivity contribution >= 4 is 24.1 Å². The molecule has 0 saturated carbocycles. The fourth-order valence-corrected chi connectivity index (χ4v) is 3.36. The minimum Gasteiger partial charge on any atom is -0.502 e. The Hall–Kier alpha value is -1.27. The number of amides is 1. The number of anilines is 1. The quantitative estimate of drug-likeness (QED) is 0.285. The number of nitrogens with zero attached hydrogens (tertiary/aromatic N) is 3. The molecule has 0 atom stereocenters. The number of unbranched alkanes of at least 4 members (excludes halogenated alkanes) is 11. The zero-order valence-corrected chi connectivity index (χ0v) is 19.0. The first kappa shape index (κ1) is 26.7. The molecular formula is C21H40ClN3O3. The number of hydrazine groups is 1. The van der Waals surface area contributed by atoms with Crippen molar-refractivity contribution in [1.29, 1.82) is 0 Å². The van der Waals surface area contributed by atoms with Gasteiger partial charge in [-0.2, -0.15) is 0 Å². The summed E-state index contributed by atoms with van der Waals surface area (Å²) in [5.41, 5.74) is 0. The van der Waals surface area contributed by atoms with Crippen molar-refractivity contribution < 1.29 is 14.4 Å². The van der Waals surface area contributed by atoms with Gasteiger partial charge in [0.25, 0.3) is 0 Å². The van der Waals surface area contributed by atoms with Gasteiger partial charge in [0.2, 0.25) is 17.5 Å². The van der Waals surface area contributed by atoms with Crippen LogP contribution in [0, 0.1) is 0 Å². The van der Waals surface area contributed by atoms with Crippen LogP contribution in [0.1, 0.15) is 96.7 Å². The molecule has 0 radical (unpaired) electrons. The van der Waals surface area contributed by atoms with Crippen molar-refractivity contribution in [2.45, 2.75) is 97.3 Å². The summed E-state index contributed by atoms with van der Waals surface area (Å²) in [6.45, 7) is 3.69. The molecule has 0 aliphatic carbocycles. The molecule has 1 aromatic rings. The second kappa shape index (κ2) is 15.6. The smallest absolute Gasteiger partial charge is 0.239 e. The van der Waals surface area contributed by atoms with Crippen molar-refractivity contribution in [3.63, 3.8) is 0 Å². The highest BCUT2D eigenvalue weighted by Crippen LogP contribution is 2.31. The molecule has 164 valence electrons. The normalized spacial score (nSPS) is 10.9. The number of hydrogen-bond acceptors (Lipinski definition) is 5. The Balaban J connectivity index is 0.00000729. The summed E-state index contributed by atoms with van der Waals surface area (Å²) >= 11 is 0. The number of hydrogen-bond donors (Lipinski definition) is 1. The Morgan fingerprint density at radius 1 is 0.929 bits per heavy atom. The molecule has 7 heteroatoms. The average molecular weight is 418 g/mol. The van der Waals surface area contributed by atoms with E-state index in [-0.39, 0.29) is 29.9 Å². The largest absolute Gasteiger partial charge is 0.502 e. The van der Waals surface area contributed by atoms with Crippen LogP contribution in [0.25, 0.3) is 0 Å². The molecule has 1 rings (SSSR count). The van der Waals surface area contributed by atoms with Gasteiger partial charge in [-0.25, -0.2) is 10.0 Å². The molecule has 0 aromatic carbocycles. The van der Waals surface area contributed by atoms with Crippen LogP contribution in [-0.4, -0.2) is 35.3 Å². The van der Waals surface area contributed by atoms with Gasteiger partial charge in [-0.05, 0) is 6.42 Å². The lowest BCUT2D eigenvalue weighted by Crippen LogP contribution is -2.40. The first-order valence-corrected chi connectivity index (χ1v) is 10.6. The Morgan fingerprint density at radius 2 is 1.39 bits per heavy atom. The summed E-state index contributed by atoms with van der Waals surface area (Å²) < 4.78 is 5.26. The fraction of sp³-hybridized carbons (Fsp3) is 0.810. The van der Waals surface area contributed by atoms with Crippen LogP contribution >= 0.6 is 12.4 Å². The van der Waals surface area contributed by atoms with Crippen molar-refractivity contribution in [1.82, 2.24) is 10.2 Å². The van der Waals surface area contributed by atoms with Crippen molar-refractivity contribution in [2.75, 3.05) is 19.1 Å². The lowest BCUT2D eigenvalue weighted by molar-refractivity contribution is -0.119. The SMILES string of the molecule is CCCCCCCCCCCCCCc1onc(N(C(C)=O)N(C)C)c1O.Cl. The predicted molar refractivity (Wildman–Crippen MR) is 117 cm³/mol. The van der Waals surface area contributed by atoms with Gasteiger partial charge in [-0.15, -0.1) is 12.4 Å². The molecular weight excluding hydrogens is 378 g/mol. The second-order valence-corrected chi connectivity index (χ2v) is 7.60. The van der Waals surface area contributed by atoms with Crippen LogP contribution in [0.2, 0.25) is 0 Å². The Bertz CT molecular complexity index is 535. The topological polar surface area (TPSA) is 69.8 Å². The van der Waals surface area contributed by atoms with E-state index >= 15 is 0 Å². The van der Waals surface area contributed by atoms with Crippen LogP contribution in [0.4, 0.5) is 5.82 Å². The van der Waals surface area contributed by atoms with E-state index in [1.807, 2.05) is 0 Å². The maximum Gasteiger partial charge on any atom is 0.239 e. The van der Waals surface area contributed by atoms with Gasteiger partial charge in [-0.1, -0.05) is 82.7 Å².